The van der Waals surface area contributed by atoms with Gasteiger partial charge < -0.3 is 10.4 Å². The molecule has 1 fully saturated rings. The van der Waals surface area contributed by atoms with E-state index in [-0.39, 0.29) is 12.4 Å². The first-order chi connectivity index (χ1) is 6.38. The maximum Gasteiger partial charge on any atom is 0.120 e. The van der Waals surface area contributed by atoms with Crippen LogP contribution in [0.3, 0.4) is 0 Å². The summed E-state index contributed by atoms with van der Waals surface area (Å²) in [5.74, 6) is 0.418. The molecule has 1 saturated heterocycles. The summed E-state index contributed by atoms with van der Waals surface area (Å²) in [5.41, 5.74) is 1.04. The van der Waals surface area contributed by atoms with Crippen LogP contribution in [0, 0.1) is 0 Å². The lowest BCUT2D eigenvalue weighted by molar-refractivity contribution is 0.391. The quantitative estimate of drug-likeness (QED) is 0.752. The number of para-hydroxylation sites is 1. The second-order valence-electron chi connectivity index (χ2n) is 3.56. The van der Waals surface area contributed by atoms with E-state index in [9.17, 15) is 5.11 Å². The summed E-state index contributed by atoms with van der Waals surface area (Å²) < 4.78 is 0. The van der Waals surface area contributed by atoms with Crippen molar-refractivity contribution >= 4 is 12.4 Å². The van der Waals surface area contributed by atoms with Gasteiger partial charge in [0, 0.05) is 11.6 Å². The van der Waals surface area contributed by atoms with Crippen LogP contribution in [0.5, 0.6) is 5.75 Å². The highest BCUT2D eigenvalue weighted by atomic mass is 35.5. The van der Waals surface area contributed by atoms with Crippen LogP contribution in [0.25, 0.3) is 0 Å². The Labute approximate surface area is 90.7 Å². The summed E-state index contributed by atoms with van der Waals surface area (Å²) in [5, 5.41) is 13.0. The van der Waals surface area contributed by atoms with Crippen molar-refractivity contribution in [3.8, 4) is 5.75 Å². The molecular formula is C11H16ClNO. The summed E-state index contributed by atoms with van der Waals surface area (Å²) in [6.07, 6.45) is 3.65. The van der Waals surface area contributed by atoms with Gasteiger partial charge >= 0.3 is 0 Å². The fourth-order valence-electron chi connectivity index (χ4n) is 1.90. The molecule has 1 unspecified atom stereocenters. The van der Waals surface area contributed by atoms with Gasteiger partial charge in [0.2, 0.25) is 0 Å². The molecule has 2 nitrogen and oxygen atoms in total. The first kappa shape index (κ1) is 11.3. The predicted octanol–water partition coefficient (Wildman–Crippen LogP) is 2.63. The molecule has 2 rings (SSSR count). The lowest BCUT2D eigenvalue weighted by atomic mass is 9.97. The smallest absolute Gasteiger partial charge is 0.120 e. The molecule has 78 valence electrons. The second kappa shape index (κ2) is 5.23. The largest absolute Gasteiger partial charge is 0.508 e. The summed E-state index contributed by atoms with van der Waals surface area (Å²) in [6.45, 7) is 1.07. The molecule has 3 heteroatoms. The standard InChI is InChI=1S/C11H15NO.ClH/c13-11-7-2-1-5-9(11)10-6-3-4-8-12-10;/h1-2,5,7,10,12-13H,3-4,6,8H2;1H. The van der Waals surface area contributed by atoms with E-state index in [0.29, 0.717) is 11.8 Å². The number of aromatic hydroxyl groups is 1. The molecule has 0 amide bonds. The van der Waals surface area contributed by atoms with Gasteiger partial charge in [0.1, 0.15) is 5.75 Å². The molecule has 14 heavy (non-hydrogen) atoms. The summed E-state index contributed by atoms with van der Waals surface area (Å²) in [7, 11) is 0. The summed E-state index contributed by atoms with van der Waals surface area (Å²) >= 11 is 0. The lowest BCUT2D eigenvalue weighted by Crippen LogP contribution is -2.26. The zero-order chi connectivity index (χ0) is 9.10. The molecule has 2 N–H and O–H groups in total. The van der Waals surface area contributed by atoms with E-state index in [2.05, 4.69) is 5.32 Å². The van der Waals surface area contributed by atoms with Crippen molar-refractivity contribution in [3.05, 3.63) is 29.8 Å². The van der Waals surface area contributed by atoms with Crippen LogP contribution in [0.1, 0.15) is 30.9 Å². The number of hydrogen-bond acceptors (Lipinski definition) is 2. The molecule has 1 aromatic rings. The van der Waals surface area contributed by atoms with E-state index in [1.807, 2.05) is 18.2 Å². The maximum absolute atomic E-state index is 9.62. The Morgan fingerprint density at radius 2 is 2.00 bits per heavy atom. The lowest BCUT2D eigenvalue weighted by Gasteiger charge is -2.24. The number of hydrogen-bond donors (Lipinski definition) is 2. The minimum atomic E-state index is 0. The second-order valence-corrected chi connectivity index (χ2v) is 3.56. The molecule has 0 radical (unpaired) electrons. The van der Waals surface area contributed by atoms with Gasteiger partial charge in [-0.25, -0.2) is 0 Å². The van der Waals surface area contributed by atoms with Gasteiger partial charge in [-0.15, -0.1) is 12.4 Å². The average molecular weight is 214 g/mol. The topological polar surface area (TPSA) is 32.3 Å². The van der Waals surface area contributed by atoms with Crippen LogP contribution < -0.4 is 5.32 Å². The highest BCUT2D eigenvalue weighted by Crippen LogP contribution is 2.28. The monoisotopic (exact) mass is 213 g/mol. The van der Waals surface area contributed by atoms with E-state index >= 15 is 0 Å². The van der Waals surface area contributed by atoms with Gasteiger partial charge in [-0.3, -0.25) is 0 Å². The third kappa shape index (κ3) is 2.40. The van der Waals surface area contributed by atoms with Crippen LogP contribution in [0.15, 0.2) is 24.3 Å². The highest BCUT2D eigenvalue weighted by molar-refractivity contribution is 5.85. The predicted molar refractivity (Wildman–Crippen MR) is 59.9 cm³/mol. The fourth-order valence-corrected chi connectivity index (χ4v) is 1.90. The van der Waals surface area contributed by atoms with E-state index in [4.69, 9.17) is 0 Å². The van der Waals surface area contributed by atoms with Gasteiger partial charge in [-0.2, -0.15) is 0 Å². The molecule has 1 aliphatic heterocycles. The molecule has 0 spiro atoms. The molecule has 1 aromatic carbocycles. The molecule has 1 atom stereocenters. The Morgan fingerprint density at radius 3 is 2.64 bits per heavy atom. The SMILES string of the molecule is Cl.Oc1ccccc1C1CCCCN1. The van der Waals surface area contributed by atoms with Crippen LogP contribution in [-0.2, 0) is 0 Å². The number of halogens is 1. The number of phenolic OH excluding ortho intramolecular Hbond substituents is 1. The van der Waals surface area contributed by atoms with Crippen molar-refractivity contribution < 1.29 is 5.11 Å². The van der Waals surface area contributed by atoms with Crippen molar-refractivity contribution in [2.24, 2.45) is 0 Å². The van der Waals surface area contributed by atoms with Crippen molar-refractivity contribution in [2.75, 3.05) is 6.54 Å². The zero-order valence-electron chi connectivity index (χ0n) is 8.07. The Hall–Kier alpha value is -0.730. The minimum absolute atomic E-state index is 0. The third-order valence-electron chi connectivity index (χ3n) is 2.62. The van der Waals surface area contributed by atoms with E-state index < -0.39 is 0 Å². The Bertz CT molecular complexity index is 284. The molecule has 0 bridgehead atoms. The van der Waals surface area contributed by atoms with Crippen LogP contribution in [-0.4, -0.2) is 11.7 Å². The zero-order valence-corrected chi connectivity index (χ0v) is 8.89. The van der Waals surface area contributed by atoms with Crippen LogP contribution >= 0.6 is 12.4 Å². The van der Waals surface area contributed by atoms with Gasteiger partial charge in [-0.05, 0) is 25.5 Å². The number of nitrogens with one attached hydrogen (secondary N) is 1. The van der Waals surface area contributed by atoms with E-state index in [0.717, 1.165) is 18.5 Å². The first-order valence-corrected chi connectivity index (χ1v) is 4.89. The van der Waals surface area contributed by atoms with Gasteiger partial charge in [0.05, 0.1) is 0 Å². The van der Waals surface area contributed by atoms with Crippen molar-refractivity contribution in [3.63, 3.8) is 0 Å². The number of rotatable bonds is 1. The average Bonchev–Trinajstić information content (AvgIpc) is 2.20. The molecule has 0 saturated carbocycles. The first-order valence-electron chi connectivity index (χ1n) is 4.89. The van der Waals surface area contributed by atoms with Crippen LogP contribution in [0.2, 0.25) is 0 Å². The Balaban J connectivity index is 0.000000980. The summed E-state index contributed by atoms with van der Waals surface area (Å²) in [4.78, 5) is 0. The summed E-state index contributed by atoms with van der Waals surface area (Å²) in [6, 6.07) is 7.95. The third-order valence-corrected chi connectivity index (χ3v) is 2.62. The molecule has 0 aliphatic carbocycles. The number of benzene rings is 1. The fraction of sp³-hybridized carbons (Fsp3) is 0.455. The molecule has 1 aliphatic rings. The normalized spacial score (nSPS) is 21.3. The minimum Gasteiger partial charge on any atom is -0.508 e. The molecular weight excluding hydrogens is 198 g/mol. The molecule has 0 aromatic heterocycles. The van der Waals surface area contributed by atoms with Gasteiger partial charge in [0.15, 0.2) is 0 Å². The Kier molecular flexibility index (Phi) is 4.23. The van der Waals surface area contributed by atoms with E-state index in [1.54, 1.807) is 6.07 Å². The van der Waals surface area contributed by atoms with Crippen molar-refractivity contribution in [2.45, 2.75) is 25.3 Å². The van der Waals surface area contributed by atoms with Crippen molar-refractivity contribution in [1.82, 2.24) is 5.32 Å². The van der Waals surface area contributed by atoms with E-state index in [1.165, 1.54) is 12.8 Å². The maximum atomic E-state index is 9.62. The Morgan fingerprint density at radius 1 is 1.21 bits per heavy atom. The number of phenols is 1. The van der Waals surface area contributed by atoms with Gasteiger partial charge in [0.25, 0.3) is 0 Å². The van der Waals surface area contributed by atoms with Crippen LogP contribution in [0.4, 0.5) is 0 Å². The molecule has 1 heterocycles. The van der Waals surface area contributed by atoms with Gasteiger partial charge in [-0.1, -0.05) is 24.6 Å². The van der Waals surface area contributed by atoms with Crippen molar-refractivity contribution in [1.29, 1.82) is 0 Å². The number of piperidine rings is 1. The highest BCUT2D eigenvalue weighted by Gasteiger charge is 2.16.